The largest absolute Gasteiger partial charge is 0.338 e. The first-order chi connectivity index (χ1) is 8.63. The van der Waals surface area contributed by atoms with Crippen molar-refractivity contribution in [2.75, 3.05) is 19.8 Å². The van der Waals surface area contributed by atoms with Crippen LogP contribution < -0.4 is 5.73 Å². The first-order valence-corrected chi connectivity index (χ1v) is 7.49. The Morgan fingerprint density at radius 2 is 1.56 bits per heavy atom. The van der Waals surface area contributed by atoms with Crippen LogP contribution in [0.2, 0.25) is 0 Å². The van der Waals surface area contributed by atoms with Crippen LogP contribution in [0.4, 0.5) is 0 Å². The lowest BCUT2D eigenvalue weighted by Gasteiger charge is -2.15. The van der Waals surface area contributed by atoms with Crippen LogP contribution in [0.15, 0.2) is 0 Å². The van der Waals surface area contributed by atoms with Gasteiger partial charge in [-0.2, -0.15) is 0 Å². The lowest BCUT2D eigenvalue weighted by Crippen LogP contribution is -2.11. The van der Waals surface area contributed by atoms with Crippen LogP contribution in [-0.4, -0.2) is 40.2 Å². The molecule has 8 nitrogen and oxygen atoms in total. The van der Waals surface area contributed by atoms with Gasteiger partial charge in [-0.05, 0) is 20.4 Å². The van der Waals surface area contributed by atoms with E-state index in [9.17, 15) is 4.57 Å². The maximum Gasteiger partial charge on any atom is 0.338 e. The molecule has 0 aliphatic heterocycles. The maximum absolute atomic E-state index is 12.2. The molecule has 0 saturated heterocycles. The minimum absolute atomic E-state index is 0.0302. The van der Waals surface area contributed by atoms with Crippen LogP contribution in [0, 0.1) is 0 Å². The molecule has 0 atom stereocenters. The zero-order valence-corrected chi connectivity index (χ0v) is 11.5. The molecule has 18 heavy (non-hydrogen) atoms. The highest BCUT2D eigenvalue weighted by molar-refractivity contribution is 7.52. The molecule has 0 saturated carbocycles. The molecular formula is C9H18N5O3P. The van der Waals surface area contributed by atoms with Crippen molar-refractivity contribution in [1.29, 1.82) is 0 Å². The van der Waals surface area contributed by atoms with Gasteiger partial charge in [-0.1, -0.05) is 0 Å². The van der Waals surface area contributed by atoms with Gasteiger partial charge in [0.1, 0.15) is 6.16 Å². The molecule has 0 aliphatic rings. The lowest BCUT2D eigenvalue weighted by molar-refractivity contribution is 0.218. The van der Waals surface area contributed by atoms with Crippen molar-refractivity contribution >= 4 is 7.60 Å². The summed E-state index contributed by atoms with van der Waals surface area (Å²) in [5, 5.41) is 15.3. The number of nitrogens with two attached hydrogens (primary N) is 1. The van der Waals surface area contributed by atoms with E-state index in [4.69, 9.17) is 14.8 Å². The molecule has 0 aromatic carbocycles. The van der Waals surface area contributed by atoms with Gasteiger partial charge in [0, 0.05) is 6.42 Å². The zero-order chi connectivity index (χ0) is 13.4. The highest BCUT2D eigenvalue weighted by atomic mass is 31.2. The van der Waals surface area contributed by atoms with Crippen molar-refractivity contribution in [2.24, 2.45) is 5.73 Å². The average molecular weight is 275 g/mol. The Morgan fingerprint density at radius 3 is 2.00 bits per heavy atom. The Bertz CT molecular complexity index is 390. The van der Waals surface area contributed by atoms with Crippen molar-refractivity contribution < 1.29 is 13.6 Å². The van der Waals surface area contributed by atoms with E-state index >= 15 is 0 Å². The minimum atomic E-state index is -3.20. The van der Waals surface area contributed by atoms with E-state index in [0.29, 0.717) is 32.0 Å². The van der Waals surface area contributed by atoms with Gasteiger partial charge in [0.15, 0.2) is 11.6 Å². The first kappa shape index (κ1) is 15.1. The normalized spacial score (nSPS) is 11.7. The highest BCUT2D eigenvalue weighted by Crippen LogP contribution is 2.50. The van der Waals surface area contributed by atoms with Gasteiger partial charge >= 0.3 is 7.60 Å². The molecule has 1 rings (SSSR count). The van der Waals surface area contributed by atoms with E-state index in [1.807, 2.05) is 0 Å². The fourth-order valence-electron chi connectivity index (χ4n) is 1.26. The van der Waals surface area contributed by atoms with E-state index in [1.54, 1.807) is 13.8 Å². The second kappa shape index (κ2) is 7.48. The van der Waals surface area contributed by atoms with Crippen LogP contribution in [0.3, 0.4) is 0 Å². The molecule has 0 fully saturated rings. The number of rotatable bonds is 8. The van der Waals surface area contributed by atoms with E-state index in [-0.39, 0.29) is 12.0 Å². The number of nitrogens with zero attached hydrogens (tertiary/aromatic N) is 4. The van der Waals surface area contributed by atoms with Gasteiger partial charge in [-0.15, -0.1) is 20.4 Å². The van der Waals surface area contributed by atoms with E-state index in [0.717, 1.165) is 0 Å². The topological polar surface area (TPSA) is 113 Å². The third kappa shape index (κ3) is 4.73. The van der Waals surface area contributed by atoms with Crippen LogP contribution in [0.5, 0.6) is 0 Å². The van der Waals surface area contributed by atoms with Crippen LogP contribution in [0.1, 0.15) is 25.5 Å². The van der Waals surface area contributed by atoms with Gasteiger partial charge < -0.3 is 14.8 Å². The van der Waals surface area contributed by atoms with Gasteiger partial charge in [-0.25, -0.2) is 0 Å². The van der Waals surface area contributed by atoms with E-state index in [2.05, 4.69) is 20.4 Å². The smallest absolute Gasteiger partial charge is 0.330 e. The summed E-state index contributed by atoms with van der Waals surface area (Å²) < 4.78 is 22.5. The standard InChI is InChI=1S/C9H18N5O3P/c1-3-16-18(15,17-4-2)7-9-13-11-8(5-6-10)12-14-9/h3-7,10H2,1-2H3. The van der Waals surface area contributed by atoms with Crippen molar-refractivity contribution in [3.8, 4) is 0 Å². The number of hydrogen-bond acceptors (Lipinski definition) is 8. The Morgan fingerprint density at radius 1 is 1.06 bits per heavy atom. The second-order valence-corrected chi connectivity index (χ2v) is 5.43. The predicted octanol–water partition coefficient (Wildman–Crippen LogP) is 0.534. The monoisotopic (exact) mass is 275 g/mol. The minimum Gasteiger partial charge on any atom is -0.330 e. The average Bonchev–Trinajstić information content (AvgIpc) is 2.32. The van der Waals surface area contributed by atoms with Gasteiger partial charge in [0.2, 0.25) is 0 Å². The summed E-state index contributed by atoms with van der Waals surface area (Å²) in [6.45, 7) is 4.51. The van der Waals surface area contributed by atoms with Crippen molar-refractivity contribution in [3.63, 3.8) is 0 Å². The molecule has 9 heteroatoms. The van der Waals surface area contributed by atoms with Gasteiger partial charge in [0.25, 0.3) is 0 Å². The van der Waals surface area contributed by atoms with Gasteiger partial charge in [-0.3, -0.25) is 4.57 Å². The van der Waals surface area contributed by atoms with Crippen LogP contribution in [0.25, 0.3) is 0 Å². The first-order valence-electron chi connectivity index (χ1n) is 5.77. The van der Waals surface area contributed by atoms with E-state index in [1.165, 1.54) is 0 Å². The SMILES string of the molecule is CCOP(=O)(Cc1nnc(CCN)nn1)OCC. The molecule has 0 spiro atoms. The summed E-state index contributed by atoms with van der Waals surface area (Å²) in [7, 11) is -3.20. The molecule has 0 amide bonds. The Labute approximate surface area is 106 Å². The van der Waals surface area contributed by atoms with Crippen LogP contribution in [-0.2, 0) is 26.2 Å². The summed E-state index contributed by atoms with van der Waals surface area (Å²) in [6.07, 6.45) is 0.479. The summed E-state index contributed by atoms with van der Waals surface area (Å²) in [4.78, 5) is 0. The maximum atomic E-state index is 12.2. The summed E-state index contributed by atoms with van der Waals surface area (Å²) in [6, 6.07) is 0. The molecule has 0 unspecified atom stereocenters. The Hall–Kier alpha value is -0.950. The Balaban J connectivity index is 2.71. The third-order valence-corrected chi connectivity index (χ3v) is 3.89. The van der Waals surface area contributed by atoms with Crippen molar-refractivity contribution in [3.05, 3.63) is 11.6 Å². The molecule has 1 aromatic heterocycles. The summed E-state index contributed by atoms with van der Waals surface area (Å²) >= 11 is 0. The molecule has 0 aliphatic carbocycles. The molecule has 2 N–H and O–H groups in total. The molecule has 0 radical (unpaired) electrons. The fraction of sp³-hybridized carbons (Fsp3) is 0.778. The molecule has 1 heterocycles. The molecular weight excluding hydrogens is 257 g/mol. The number of aromatic nitrogens is 4. The summed E-state index contributed by atoms with van der Waals surface area (Å²) in [5.74, 6) is 0.699. The Kier molecular flexibility index (Phi) is 6.28. The number of hydrogen-bond donors (Lipinski definition) is 1. The quantitative estimate of drug-likeness (QED) is 0.683. The lowest BCUT2D eigenvalue weighted by atomic mass is 10.4. The van der Waals surface area contributed by atoms with Crippen LogP contribution >= 0.6 is 7.60 Å². The third-order valence-electron chi connectivity index (χ3n) is 1.92. The predicted molar refractivity (Wildman–Crippen MR) is 64.9 cm³/mol. The highest BCUT2D eigenvalue weighted by Gasteiger charge is 2.26. The zero-order valence-electron chi connectivity index (χ0n) is 10.6. The molecule has 102 valence electrons. The summed E-state index contributed by atoms with van der Waals surface area (Å²) in [5.41, 5.74) is 5.36. The fourth-order valence-corrected chi connectivity index (χ4v) is 2.78. The van der Waals surface area contributed by atoms with E-state index < -0.39 is 7.60 Å². The van der Waals surface area contributed by atoms with Crippen molar-refractivity contribution in [1.82, 2.24) is 20.4 Å². The molecule has 0 bridgehead atoms. The van der Waals surface area contributed by atoms with Crippen molar-refractivity contribution in [2.45, 2.75) is 26.4 Å². The van der Waals surface area contributed by atoms with Gasteiger partial charge in [0.05, 0.1) is 13.2 Å². The molecule has 1 aromatic rings. The second-order valence-electron chi connectivity index (χ2n) is 3.38.